The maximum atomic E-state index is 13.7. The lowest BCUT2D eigenvalue weighted by Gasteiger charge is -2.24. The van der Waals surface area contributed by atoms with E-state index >= 15 is 0 Å². The monoisotopic (exact) mass is 488 g/mol. The van der Waals surface area contributed by atoms with Crippen LogP contribution in [-0.4, -0.2) is 51.2 Å². The fraction of sp³-hybridized carbons (Fsp3) is 0.286. The molecule has 2 amide bonds. The molecule has 7 heteroatoms. The number of nitrogens with one attached hydrogen (secondary N) is 2. The van der Waals surface area contributed by atoms with Crippen molar-refractivity contribution in [3.05, 3.63) is 89.0 Å². The smallest absolute Gasteiger partial charge is 0.259 e. The maximum Gasteiger partial charge on any atom is 0.259 e. The van der Waals surface area contributed by atoms with Gasteiger partial charge in [0.1, 0.15) is 13.1 Å². The molecule has 3 aromatic rings. The number of hydrogen-bond donors (Lipinski definition) is 2. The fourth-order valence-electron chi connectivity index (χ4n) is 4.46. The summed E-state index contributed by atoms with van der Waals surface area (Å²) in [5.41, 5.74) is 4.23. The predicted molar refractivity (Wildman–Crippen MR) is 137 cm³/mol. The molecule has 2 heterocycles. The highest BCUT2D eigenvalue weighted by Gasteiger charge is 2.28. The summed E-state index contributed by atoms with van der Waals surface area (Å²) in [6.07, 6.45) is 0. The highest BCUT2D eigenvalue weighted by atomic mass is 32.2. The summed E-state index contributed by atoms with van der Waals surface area (Å²) >= 11 is 1.57. The Morgan fingerprint density at radius 3 is 2.60 bits per heavy atom. The van der Waals surface area contributed by atoms with E-state index in [0.717, 1.165) is 53.9 Å². The first-order valence-corrected chi connectivity index (χ1v) is 12.9. The molecule has 0 aliphatic carbocycles. The first kappa shape index (κ1) is 23.6. The van der Waals surface area contributed by atoms with E-state index in [1.54, 1.807) is 16.7 Å². The molecule has 2 aliphatic heterocycles. The Morgan fingerprint density at radius 1 is 1.03 bits per heavy atom. The second-order valence-corrected chi connectivity index (χ2v) is 10.1. The topological polar surface area (TPSA) is 63.1 Å². The molecule has 2 aliphatic rings. The average molecular weight is 489 g/mol. The van der Waals surface area contributed by atoms with E-state index < -0.39 is 0 Å². The molecule has 2 N–H and O–H groups in total. The molecule has 6 nitrogen and oxygen atoms in total. The van der Waals surface area contributed by atoms with Gasteiger partial charge >= 0.3 is 0 Å². The third-order valence-electron chi connectivity index (χ3n) is 6.52. The number of fused-ring (bicyclic) bond motifs is 2. The van der Waals surface area contributed by atoms with Crippen molar-refractivity contribution < 1.29 is 19.2 Å². The number of morpholine rings is 1. The Bertz CT molecular complexity index is 1220. The van der Waals surface area contributed by atoms with E-state index in [9.17, 15) is 9.59 Å². The Labute approximate surface area is 210 Å². The Balaban J connectivity index is 1.41. The van der Waals surface area contributed by atoms with Crippen molar-refractivity contribution in [2.45, 2.75) is 23.3 Å². The van der Waals surface area contributed by atoms with Crippen molar-refractivity contribution in [2.75, 3.05) is 44.3 Å². The summed E-state index contributed by atoms with van der Waals surface area (Å²) in [6, 6.07) is 21.6. The molecule has 1 saturated heterocycles. The molecule has 0 aromatic heterocycles. The van der Waals surface area contributed by atoms with Crippen molar-refractivity contribution in [1.82, 2.24) is 5.32 Å². The minimum absolute atomic E-state index is 0.0547. The zero-order valence-electron chi connectivity index (χ0n) is 19.9. The number of benzene rings is 3. The molecule has 0 spiro atoms. The highest BCUT2D eigenvalue weighted by Crippen LogP contribution is 2.42. The second-order valence-electron chi connectivity index (χ2n) is 9.03. The lowest BCUT2D eigenvalue weighted by atomic mass is 10.1. The quantitative estimate of drug-likeness (QED) is 0.560. The fourth-order valence-corrected chi connectivity index (χ4v) is 5.52. The van der Waals surface area contributed by atoms with Crippen molar-refractivity contribution in [3.63, 3.8) is 0 Å². The number of rotatable bonds is 6. The Morgan fingerprint density at radius 2 is 1.80 bits per heavy atom. The number of anilines is 1. The lowest BCUT2D eigenvalue weighted by Crippen LogP contribution is -3.14. The molecule has 5 rings (SSSR count). The summed E-state index contributed by atoms with van der Waals surface area (Å²) in [6.45, 7) is 7.48. The van der Waals surface area contributed by atoms with Gasteiger partial charge in [0.25, 0.3) is 11.8 Å². The van der Waals surface area contributed by atoms with Crippen LogP contribution >= 0.6 is 11.8 Å². The zero-order valence-corrected chi connectivity index (χ0v) is 20.7. The van der Waals surface area contributed by atoms with Crippen molar-refractivity contribution in [3.8, 4) is 0 Å². The van der Waals surface area contributed by atoms with E-state index in [0.29, 0.717) is 24.2 Å². The number of aryl methyl sites for hydroxylation is 1. The summed E-state index contributed by atoms with van der Waals surface area (Å²) in [5.74, 6) is -0.171. The van der Waals surface area contributed by atoms with E-state index in [1.165, 1.54) is 10.5 Å². The third kappa shape index (κ3) is 5.42. The van der Waals surface area contributed by atoms with Gasteiger partial charge in [-0.3, -0.25) is 9.59 Å². The molecular formula is C28H30N3O3S+. The van der Waals surface area contributed by atoms with Gasteiger partial charge in [-0.05, 0) is 42.8 Å². The molecule has 0 saturated carbocycles. The molecule has 0 atom stereocenters. The van der Waals surface area contributed by atoms with Crippen LogP contribution in [0.3, 0.4) is 0 Å². The molecule has 1 fully saturated rings. The summed E-state index contributed by atoms with van der Waals surface area (Å²) in [7, 11) is 0. The van der Waals surface area contributed by atoms with E-state index in [2.05, 4.69) is 36.5 Å². The van der Waals surface area contributed by atoms with Gasteiger partial charge in [0.2, 0.25) is 0 Å². The van der Waals surface area contributed by atoms with Crippen LogP contribution in [0.1, 0.15) is 31.8 Å². The van der Waals surface area contributed by atoms with Crippen LogP contribution in [0.2, 0.25) is 0 Å². The average Bonchev–Trinajstić information content (AvgIpc) is 3.00. The molecule has 0 bridgehead atoms. The van der Waals surface area contributed by atoms with Crippen LogP contribution in [0.4, 0.5) is 5.69 Å². The van der Waals surface area contributed by atoms with E-state index in [-0.39, 0.29) is 11.8 Å². The van der Waals surface area contributed by atoms with Crippen LogP contribution < -0.4 is 15.1 Å². The van der Waals surface area contributed by atoms with Gasteiger partial charge in [0.05, 0.1) is 44.1 Å². The lowest BCUT2D eigenvalue weighted by molar-refractivity contribution is -0.906. The number of amides is 2. The third-order valence-corrected chi connectivity index (χ3v) is 7.66. The van der Waals surface area contributed by atoms with Crippen molar-refractivity contribution in [2.24, 2.45) is 0 Å². The van der Waals surface area contributed by atoms with Crippen LogP contribution in [0.5, 0.6) is 0 Å². The summed E-state index contributed by atoms with van der Waals surface area (Å²) in [4.78, 5) is 31.8. The zero-order chi connectivity index (χ0) is 24.2. The molecule has 180 valence electrons. The van der Waals surface area contributed by atoms with Crippen LogP contribution in [0.15, 0.2) is 76.5 Å². The number of carbonyl (C=O) groups is 2. The SMILES string of the molecule is Cc1ccc(CN2C(=O)c3ccccc3Sc3ccc(C(=O)NCC[NH+]4CCOCC4)cc32)cc1. The minimum Gasteiger partial charge on any atom is -0.370 e. The first-order chi connectivity index (χ1) is 17.1. The Kier molecular flexibility index (Phi) is 7.18. The molecular weight excluding hydrogens is 458 g/mol. The predicted octanol–water partition coefficient (Wildman–Crippen LogP) is 2.95. The number of ether oxygens (including phenoxy) is 1. The van der Waals surface area contributed by atoms with Gasteiger partial charge in [-0.2, -0.15) is 0 Å². The van der Waals surface area contributed by atoms with Gasteiger partial charge in [0, 0.05) is 15.4 Å². The van der Waals surface area contributed by atoms with Gasteiger partial charge in [-0.15, -0.1) is 0 Å². The van der Waals surface area contributed by atoms with E-state index in [1.807, 2.05) is 42.5 Å². The number of nitrogens with zero attached hydrogens (tertiary/aromatic N) is 1. The second kappa shape index (κ2) is 10.6. The standard InChI is InChI=1S/C28H29N3O3S/c1-20-6-8-21(9-7-20)19-31-24-18-22(27(32)29-12-13-30-14-16-34-17-15-30)10-11-26(24)35-25-5-3-2-4-23(25)28(31)33/h2-11,18H,12-17,19H2,1H3,(H,29,32)/p+1. The largest absolute Gasteiger partial charge is 0.370 e. The highest BCUT2D eigenvalue weighted by molar-refractivity contribution is 7.99. The van der Waals surface area contributed by atoms with Gasteiger partial charge < -0.3 is 19.9 Å². The van der Waals surface area contributed by atoms with Crippen molar-refractivity contribution >= 4 is 29.3 Å². The molecule has 35 heavy (non-hydrogen) atoms. The molecule has 0 radical (unpaired) electrons. The van der Waals surface area contributed by atoms with Gasteiger partial charge in [-0.25, -0.2) is 0 Å². The Hall–Kier alpha value is -3.13. The minimum atomic E-state index is -0.116. The van der Waals surface area contributed by atoms with Crippen LogP contribution in [0.25, 0.3) is 0 Å². The maximum absolute atomic E-state index is 13.7. The van der Waals surface area contributed by atoms with Gasteiger partial charge in [-0.1, -0.05) is 53.7 Å². The normalized spacial score (nSPS) is 15.8. The van der Waals surface area contributed by atoms with Crippen LogP contribution in [-0.2, 0) is 11.3 Å². The summed E-state index contributed by atoms with van der Waals surface area (Å²) in [5, 5.41) is 3.06. The van der Waals surface area contributed by atoms with E-state index in [4.69, 9.17) is 4.74 Å². The number of quaternary nitrogens is 1. The molecule has 3 aromatic carbocycles. The number of hydrogen-bond acceptors (Lipinski definition) is 4. The first-order valence-electron chi connectivity index (χ1n) is 12.1. The molecule has 0 unspecified atom stereocenters. The van der Waals surface area contributed by atoms with Crippen molar-refractivity contribution in [1.29, 1.82) is 0 Å². The summed E-state index contributed by atoms with van der Waals surface area (Å²) < 4.78 is 5.41. The number of carbonyl (C=O) groups excluding carboxylic acids is 2. The van der Waals surface area contributed by atoms with Crippen LogP contribution in [0, 0.1) is 6.92 Å². The van der Waals surface area contributed by atoms with Gasteiger partial charge in [0.15, 0.2) is 0 Å².